The van der Waals surface area contributed by atoms with Crippen molar-refractivity contribution >= 4 is 11.9 Å². The summed E-state index contributed by atoms with van der Waals surface area (Å²) in [6.07, 6.45) is -1.58. The molecule has 1 aromatic carbocycles. The van der Waals surface area contributed by atoms with Gasteiger partial charge in [0.2, 0.25) is 0 Å². The van der Waals surface area contributed by atoms with Gasteiger partial charge in [-0.1, -0.05) is 18.7 Å². The van der Waals surface area contributed by atoms with Crippen molar-refractivity contribution < 1.29 is 24.5 Å². The van der Waals surface area contributed by atoms with E-state index in [-0.39, 0.29) is 16.9 Å². The van der Waals surface area contributed by atoms with E-state index in [0.717, 1.165) is 0 Å². The number of esters is 1. The van der Waals surface area contributed by atoms with Gasteiger partial charge in [-0.25, -0.2) is 9.59 Å². The van der Waals surface area contributed by atoms with Gasteiger partial charge in [0.25, 0.3) is 0 Å². The minimum Gasteiger partial charge on any atom is -0.479 e. The maximum atomic E-state index is 11.2. The predicted molar refractivity (Wildman–Crippen MR) is 59.5 cm³/mol. The van der Waals surface area contributed by atoms with E-state index in [2.05, 4.69) is 6.58 Å². The molecular weight excluding hydrogens is 224 g/mol. The van der Waals surface area contributed by atoms with E-state index in [0.29, 0.717) is 0 Å². The highest BCUT2D eigenvalue weighted by atomic mass is 16.5. The number of carboxylic acids is 1. The van der Waals surface area contributed by atoms with Gasteiger partial charge >= 0.3 is 11.9 Å². The Morgan fingerprint density at radius 2 is 1.82 bits per heavy atom. The molecule has 0 aromatic heterocycles. The van der Waals surface area contributed by atoms with Crippen molar-refractivity contribution in [1.82, 2.24) is 0 Å². The number of hydrogen-bond donors (Lipinski definition) is 2. The lowest BCUT2D eigenvalue weighted by Crippen LogP contribution is -2.11. The van der Waals surface area contributed by atoms with Gasteiger partial charge in [-0.05, 0) is 24.6 Å². The number of rotatable bonds is 4. The Morgan fingerprint density at radius 3 is 2.24 bits per heavy atom. The normalized spacial score (nSPS) is 11.6. The van der Waals surface area contributed by atoms with Gasteiger partial charge in [0.15, 0.2) is 6.10 Å². The fraction of sp³-hybridized carbons (Fsp3) is 0.167. The summed E-state index contributed by atoms with van der Waals surface area (Å²) in [6, 6.07) is 5.56. The molecule has 0 radical (unpaired) electrons. The van der Waals surface area contributed by atoms with E-state index in [1.54, 1.807) is 0 Å². The molecule has 0 spiro atoms. The zero-order valence-electron chi connectivity index (χ0n) is 9.21. The number of carboxylic acid groups (broad SMARTS) is 1. The van der Waals surface area contributed by atoms with Crippen LogP contribution in [0, 0.1) is 0 Å². The van der Waals surface area contributed by atoms with Crippen molar-refractivity contribution in [2.24, 2.45) is 0 Å². The smallest absolute Gasteiger partial charge is 0.338 e. The molecule has 5 heteroatoms. The van der Waals surface area contributed by atoms with Crippen molar-refractivity contribution in [2.75, 3.05) is 0 Å². The van der Waals surface area contributed by atoms with Crippen molar-refractivity contribution in [1.29, 1.82) is 0 Å². The van der Waals surface area contributed by atoms with Gasteiger partial charge < -0.3 is 14.9 Å². The van der Waals surface area contributed by atoms with E-state index >= 15 is 0 Å². The molecule has 0 aliphatic rings. The molecule has 0 saturated carbocycles. The lowest BCUT2D eigenvalue weighted by atomic mass is 10.1. The van der Waals surface area contributed by atoms with Gasteiger partial charge in [0, 0.05) is 5.57 Å². The third-order valence-corrected chi connectivity index (χ3v) is 1.99. The molecule has 0 amide bonds. The Kier molecular flexibility index (Phi) is 4.01. The van der Waals surface area contributed by atoms with Gasteiger partial charge in [-0.15, -0.1) is 0 Å². The highest BCUT2D eigenvalue weighted by Crippen LogP contribution is 2.18. The Morgan fingerprint density at radius 1 is 1.29 bits per heavy atom. The highest BCUT2D eigenvalue weighted by Gasteiger charge is 2.15. The Balaban J connectivity index is 2.78. The van der Waals surface area contributed by atoms with Crippen LogP contribution in [0.15, 0.2) is 36.4 Å². The minimum absolute atomic E-state index is 0.215. The quantitative estimate of drug-likeness (QED) is 0.467. The standard InChI is InChI=1S/C12H12O5/c1-7(2)12(16)17-9-5-3-8(4-6-9)10(13)11(14)15/h3-6,10,13H,1H2,2H3,(H,14,15). The first-order valence-corrected chi connectivity index (χ1v) is 4.80. The SMILES string of the molecule is C=C(C)C(=O)Oc1ccc(C(O)C(=O)O)cc1. The third-order valence-electron chi connectivity index (χ3n) is 1.99. The maximum Gasteiger partial charge on any atom is 0.338 e. The summed E-state index contributed by atoms with van der Waals surface area (Å²) in [5, 5.41) is 17.8. The first-order chi connectivity index (χ1) is 7.91. The first kappa shape index (κ1) is 12.9. The van der Waals surface area contributed by atoms with E-state index in [4.69, 9.17) is 9.84 Å². The molecule has 2 N–H and O–H groups in total. The molecule has 0 aliphatic heterocycles. The molecule has 1 atom stereocenters. The van der Waals surface area contributed by atoms with E-state index in [1.807, 2.05) is 0 Å². The summed E-state index contributed by atoms with van der Waals surface area (Å²) in [5.74, 6) is -1.63. The number of aliphatic hydroxyl groups excluding tert-OH is 1. The summed E-state index contributed by atoms with van der Waals surface area (Å²) in [6.45, 7) is 4.95. The second kappa shape index (κ2) is 5.27. The maximum absolute atomic E-state index is 11.2. The van der Waals surface area contributed by atoms with Crippen LogP contribution in [0.4, 0.5) is 0 Å². The monoisotopic (exact) mass is 236 g/mol. The van der Waals surface area contributed by atoms with Gasteiger partial charge in [0.05, 0.1) is 0 Å². The van der Waals surface area contributed by atoms with Crippen molar-refractivity contribution in [2.45, 2.75) is 13.0 Å². The lowest BCUT2D eigenvalue weighted by Gasteiger charge is -2.07. The fourth-order valence-electron chi connectivity index (χ4n) is 1.05. The number of carbonyl (C=O) groups is 2. The molecule has 0 aliphatic carbocycles. The number of benzene rings is 1. The van der Waals surface area contributed by atoms with Crippen LogP contribution in [0.3, 0.4) is 0 Å². The van der Waals surface area contributed by atoms with Crippen LogP contribution < -0.4 is 4.74 Å². The van der Waals surface area contributed by atoms with E-state index in [1.165, 1.54) is 31.2 Å². The van der Waals surface area contributed by atoms with Crippen molar-refractivity contribution in [3.63, 3.8) is 0 Å². The van der Waals surface area contributed by atoms with Crippen LogP contribution in [0.25, 0.3) is 0 Å². The van der Waals surface area contributed by atoms with Crippen LogP contribution in [0.1, 0.15) is 18.6 Å². The second-order valence-corrected chi connectivity index (χ2v) is 3.48. The molecule has 1 rings (SSSR count). The Bertz CT molecular complexity index is 446. The van der Waals surface area contributed by atoms with Crippen LogP contribution in [0.5, 0.6) is 5.75 Å². The molecule has 1 unspecified atom stereocenters. The summed E-state index contributed by atoms with van der Waals surface area (Å²) in [5.41, 5.74) is 0.479. The molecular formula is C12H12O5. The number of hydrogen-bond acceptors (Lipinski definition) is 4. The zero-order valence-corrected chi connectivity index (χ0v) is 9.21. The topological polar surface area (TPSA) is 83.8 Å². The zero-order chi connectivity index (χ0) is 13.0. The Hall–Kier alpha value is -2.14. The van der Waals surface area contributed by atoms with E-state index in [9.17, 15) is 14.7 Å². The van der Waals surface area contributed by atoms with Crippen LogP contribution >= 0.6 is 0 Å². The average molecular weight is 236 g/mol. The largest absolute Gasteiger partial charge is 0.479 e. The number of ether oxygens (including phenoxy) is 1. The predicted octanol–water partition coefficient (Wildman–Crippen LogP) is 1.29. The number of aliphatic carboxylic acids is 1. The summed E-state index contributed by atoms with van der Waals surface area (Å²) in [7, 11) is 0. The summed E-state index contributed by atoms with van der Waals surface area (Å²) < 4.78 is 4.90. The molecule has 90 valence electrons. The highest BCUT2D eigenvalue weighted by molar-refractivity contribution is 5.88. The van der Waals surface area contributed by atoms with Crippen molar-refractivity contribution in [3.05, 3.63) is 42.0 Å². The molecule has 0 bridgehead atoms. The number of aliphatic hydroxyl groups is 1. The number of carbonyl (C=O) groups excluding carboxylic acids is 1. The minimum atomic E-state index is -1.58. The Labute approximate surface area is 98.0 Å². The third kappa shape index (κ3) is 3.42. The van der Waals surface area contributed by atoms with Crippen LogP contribution in [-0.4, -0.2) is 22.2 Å². The molecule has 5 nitrogen and oxygen atoms in total. The molecule has 17 heavy (non-hydrogen) atoms. The molecule has 1 aromatic rings. The van der Waals surface area contributed by atoms with Crippen molar-refractivity contribution in [3.8, 4) is 5.75 Å². The van der Waals surface area contributed by atoms with Gasteiger partial charge in [-0.2, -0.15) is 0 Å². The van der Waals surface area contributed by atoms with Crippen LogP contribution in [-0.2, 0) is 9.59 Å². The van der Waals surface area contributed by atoms with Crippen LogP contribution in [0.2, 0.25) is 0 Å². The first-order valence-electron chi connectivity index (χ1n) is 4.80. The molecule has 0 fully saturated rings. The van der Waals surface area contributed by atoms with Gasteiger partial charge in [0.1, 0.15) is 5.75 Å². The summed E-state index contributed by atoms with van der Waals surface area (Å²) in [4.78, 5) is 21.7. The molecule has 0 saturated heterocycles. The molecule has 0 heterocycles. The summed E-state index contributed by atoms with van der Waals surface area (Å²) >= 11 is 0. The lowest BCUT2D eigenvalue weighted by molar-refractivity contribution is -0.147. The average Bonchev–Trinajstić information content (AvgIpc) is 2.28. The fourth-order valence-corrected chi connectivity index (χ4v) is 1.05. The van der Waals surface area contributed by atoms with Gasteiger partial charge in [-0.3, -0.25) is 0 Å². The second-order valence-electron chi connectivity index (χ2n) is 3.48. The van der Waals surface area contributed by atoms with E-state index < -0.39 is 18.0 Å².